The summed E-state index contributed by atoms with van der Waals surface area (Å²) in [7, 11) is 1.65. The maximum Gasteiger partial charge on any atom is 0.346 e. The van der Waals surface area contributed by atoms with Crippen molar-refractivity contribution in [3.05, 3.63) is 0 Å². The summed E-state index contributed by atoms with van der Waals surface area (Å²) < 4.78 is 5.10. The zero-order valence-electron chi connectivity index (χ0n) is 10.2. The number of carbonyl (C=O) groups excluding carboxylic acids is 1. The minimum absolute atomic E-state index is 0.168. The summed E-state index contributed by atoms with van der Waals surface area (Å²) in [6, 6.07) is -0.168. The molecule has 3 aliphatic rings. The number of urea groups is 1. The lowest BCUT2D eigenvalue weighted by atomic mass is 9.85. The Morgan fingerprint density at radius 2 is 2.00 bits per heavy atom. The number of nitrogens with zero attached hydrogens (tertiary/aromatic N) is 2. The Bertz CT molecular complexity index is 360. The van der Waals surface area contributed by atoms with E-state index < -0.39 is 0 Å². The average molecular weight is 237 g/mol. The predicted molar refractivity (Wildman–Crippen MR) is 63.8 cm³/mol. The van der Waals surface area contributed by atoms with Gasteiger partial charge in [-0.15, -0.1) is 0 Å². The highest BCUT2D eigenvalue weighted by atomic mass is 16.5. The molecule has 94 valence electrons. The third-order valence-corrected chi connectivity index (χ3v) is 4.22. The summed E-state index contributed by atoms with van der Waals surface area (Å²) in [5.74, 6) is 1.62. The normalized spacial score (nSPS) is 27.5. The Morgan fingerprint density at radius 1 is 1.41 bits per heavy atom. The zero-order chi connectivity index (χ0) is 12.0. The van der Waals surface area contributed by atoms with Crippen LogP contribution in [0, 0.1) is 11.8 Å². The molecule has 0 saturated heterocycles. The number of ether oxygens (including phenoxy) is 1. The number of hydrogen-bond donors (Lipinski definition) is 1. The number of amidine groups is 1. The molecule has 2 aliphatic carbocycles. The van der Waals surface area contributed by atoms with E-state index in [4.69, 9.17) is 10.5 Å². The monoisotopic (exact) mass is 237 g/mol. The van der Waals surface area contributed by atoms with Gasteiger partial charge in [-0.3, -0.25) is 0 Å². The van der Waals surface area contributed by atoms with Crippen molar-refractivity contribution in [3.8, 4) is 0 Å². The van der Waals surface area contributed by atoms with Gasteiger partial charge in [0.2, 0.25) is 0 Å². The van der Waals surface area contributed by atoms with Gasteiger partial charge in [0.1, 0.15) is 11.4 Å². The van der Waals surface area contributed by atoms with Crippen LogP contribution < -0.4 is 5.73 Å². The van der Waals surface area contributed by atoms with Crippen molar-refractivity contribution < 1.29 is 9.53 Å². The molecule has 0 aromatic rings. The highest BCUT2D eigenvalue weighted by Crippen LogP contribution is 2.56. The topological polar surface area (TPSA) is 67.9 Å². The van der Waals surface area contributed by atoms with Crippen LogP contribution in [0.2, 0.25) is 0 Å². The second kappa shape index (κ2) is 3.70. The molecule has 0 spiro atoms. The molecule has 1 heterocycles. The van der Waals surface area contributed by atoms with Gasteiger partial charge in [0, 0.05) is 13.7 Å². The molecule has 2 N–H and O–H groups in total. The average Bonchev–Trinajstić information content (AvgIpc) is 3.14. The maximum absolute atomic E-state index is 12.0. The van der Waals surface area contributed by atoms with E-state index >= 15 is 0 Å². The van der Waals surface area contributed by atoms with Crippen LogP contribution >= 0.6 is 0 Å². The Balaban J connectivity index is 1.91. The van der Waals surface area contributed by atoms with Crippen molar-refractivity contribution in [2.24, 2.45) is 22.6 Å². The van der Waals surface area contributed by atoms with Crippen molar-refractivity contribution in [1.29, 1.82) is 0 Å². The van der Waals surface area contributed by atoms with E-state index in [0.29, 0.717) is 30.8 Å². The van der Waals surface area contributed by atoms with E-state index in [-0.39, 0.29) is 11.6 Å². The van der Waals surface area contributed by atoms with Crippen LogP contribution in [0.25, 0.3) is 0 Å². The maximum atomic E-state index is 12.0. The lowest BCUT2D eigenvalue weighted by molar-refractivity contribution is 0.103. The minimum Gasteiger partial charge on any atom is -0.385 e. The van der Waals surface area contributed by atoms with E-state index in [1.807, 2.05) is 4.90 Å². The Morgan fingerprint density at radius 3 is 2.47 bits per heavy atom. The summed E-state index contributed by atoms with van der Waals surface area (Å²) in [5.41, 5.74) is 5.84. The Hall–Kier alpha value is -1.10. The summed E-state index contributed by atoms with van der Waals surface area (Å²) in [5, 5.41) is 0. The second-order valence-electron chi connectivity index (χ2n) is 5.30. The molecule has 5 heteroatoms. The number of nitrogens with two attached hydrogens (primary N) is 1. The molecule has 2 amide bonds. The molecule has 5 nitrogen and oxygen atoms in total. The van der Waals surface area contributed by atoms with Gasteiger partial charge in [0.25, 0.3) is 0 Å². The quantitative estimate of drug-likeness (QED) is 0.775. The van der Waals surface area contributed by atoms with Crippen molar-refractivity contribution in [2.75, 3.05) is 20.3 Å². The molecule has 1 aliphatic heterocycles. The van der Waals surface area contributed by atoms with Crippen molar-refractivity contribution in [3.63, 3.8) is 0 Å². The molecule has 0 unspecified atom stereocenters. The SMILES string of the molecule is COCCN1C(=O)N=C(N)C1(C1CC1)C1CC1. The molecule has 17 heavy (non-hydrogen) atoms. The van der Waals surface area contributed by atoms with Crippen LogP contribution in [-0.2, 0) is 4.74 Å². The number of amides is 2. The lowest BCUT2D eigenvalue weighted by Crippen LogP contribution is -2.58. The van der Waals surface area contributed by atoms with Crippen LogP contribution in [0.1, 0.15) is 25.7 Å². The molecule has 0 aromatic heterocycles. The van der Waals surface area contributed by atoms with Crippen LogP contribution in [0.5, 0.6) is 0 Å². The lowest BCUT2D eigenvalue weighted by Gasteiger charge is -2.38. The first-order valence-electron chi connectivity index (χ1n) is 6.36. The van der Waals surface area contributed by atoms with Gasteiger partial charge >= 0.3 is 6.03 Å². The van der Waals surface area contributed by atoms with E-state index in [9.17, 15) is 4.79 Å². The zero-order valence-corrected chi connectivity index (χ0v) is 10.2. The fourth-order valence-corrected chi connectivity index (χ4v) is 3.25. The van der Waals surface area contributed by atoms with E-state index in [1.165, 1.54) is 25.7 Å². The first kappa shape index (κ1) is 11.0. The third kappa shape index (κ3) is 1.48. The first-order valence-corrected chi connectivity index (χ1v) is 6.36. The van der Waals surface area contributed by atoms with Gasteiger partial charge in [0.05, 0.1) is 6.61 Å². The second-order valence-corrected chi connectivity index (χ2v) is 5.30. The Labute approximate surface area is 101 Å². The van der Waals surface area contributed by atoms with Gasteiger partial charge < -0.3 is 15.4 Å². The first-order chi connectivity index (χ1) is 8.21. The van der Waals surface area contributed by atoms with Crippen LogP contribution in [0.15, 0.2) is 4.99 Å². The van der Waals surface area contributed by atoms with Crippen molar-refractivity contribution >= 4 is 11.9 Å². The Kier molecular flexibility index (Phi) is 2.40. The molecular weight excluding hydrogens is 218 g/mol. The molecule has 0 aromatic carbocycles. The summed E-state index contributed by atoms with van der Waals surface area (Å²) in [6.45, 7) is 1.16. The molecular formula is C12H19N3O2. The fraction of sp³-hybridized carbons (Fsp3) is 0.833. The van der Waals surface area contributed by atoms with Gasteiger partial charge in [-0.25, -0.2) is 4.79 Å². The third-order valence-electron chi connectivity index (χ3n) is 4.22. The van der Waals surface area contributed by atoms with Crippen molar-refractivity contribution in [1.82, 2.24) is 4.90 Å². The standard InChI is InChI=1S/C12H19N3O2/c1-17-7-6-15-11(16)14-10(13)12(15,8-2-3-8)9-4-5-9/h8-9H,2-7H2,1H3,(H2,13,14,16). The minimum atomic E-state index is -0.254. The molecule has 0 atom stereocenters. The van der Waals surface area contributed by atoms with Crippen molar-refractivity contribution in [2.45, 2.75) is 31.2 Å². The van der Waals surface area contributed by atoms with Gasteiger partial charge in [-0.05, 0) is 37.5 Å². The number of carbonyl (C=O) groups is 1. The predicted octanol–water partition coefficient (Wildman–Crippen LogP) is 0.984. The molecule has 0 radical (unpaired) electrons. The summed E-state index contributed by atoms with van der Waals surface area (Å²) >= 11 is 0. The highest BCUT2D eigenvalue weighted by Gasteiger charge is 2.63. The summed E-state index contributed by atoms with van der Waals surface area (Å²) in [4.78, 5) is 17.9. The van der Waals surface area contributed by atoms with Gasteiger partial charge in [-0.2, -0.15) is 4.99 Å². The highest BCUT2D eigenvalue weighted by molar-refractivity contribution is 6.06. The molecule has 0 bridgehead atoms. The number of aliphatic imine (C=N–C) groups is 1. The molecule has 3 rings (SSSR count). The summed E-state index contributed by atoms with van der Waals surface area (Å²) in [6.07, 6.45) is 4.68. The van der Waals surface area contributed by atoms with Gasteiger partial charge in [-0.1, -0.05) is 0 Å². The van der Waals surface area contributed by atoms with Crippen LogP contribution in [-0.4, -0.2) is 42.6 Å². The molecule has 2 fully saturated rings. The number of rotatable bonds is 5. The van der Waals surface area contributed by atoms with Gasteiger partial charge in [0.15, 0.2) is 0 Å². The van der Waals surface area contributed by atoms with E-state index in [1.54, 1.807) is 7.11 Å². The number of hydrogen-bond acceptors (Lipinski definition) is 3. The van der Waals surface area contributed by atoms with E-state index in [2.05, 4.69) is 4.99 Å². The van der Waals surface area contributed by atoms with Crippen LogP contribution in [0.4, 0.5) is 4.79 Å². The van der Waals surface area contributed by atoms with Crippen LogP contribution in [0.3, 0.4) is 0 Å². The smallest absolute Gasteiger partial charge is 0.346 e. The van der Waals surface area contributed by atoms with E-state index in [0.717, 1.165) is 0 Å². The fourth-order valence-electron chi connectivity index (χ4n) is 3.25. The largest absolute Gasteiger partial charge is 0.385 e. The molecule has 2 saturated carbocycles. The number of methoxy groups -OCH3 is 1.